The second-order valence-corrected chi connectivity index (χ2v) is 6.86. The quantitative estimate of drug-likeness (QED) is 0.641. The Balaban J connectivity index is 1.67. The van der Waals surface area contributed by atoms with Gasteiger partial charge in [-0.15, -0.1) is 11.8 Å². The minimum absolute atomic E-state index is 0.198. The number of aryl methyl sites for hydroxylation is 1. The molecule has 0 saturated heterocycles. The first-order valence-corrected chi connectivity index (χ1v) is 9.75. The molecule has 3 aromatic rings. The molecule has 0 fully saturated rings. The number of anilines is 3. The van der Waals surface area contributed by atoms with Gasteiger partial charge in [0.15, 0.2) is 0 Å². The predicted molar refractivity (Wildman–Crippen MR) is 109 cm³/mol. The lowest BCUT2D eigenvalue weighted by atomic mass is 10.1. The first-order chi connectivity index (χ1) is 13.2. The van der Waals surface area contributed by atoms with Gasteiger partial charge >= 0.3 is 0 Å². The summed E-state index contributed by atoms with van der Waals surface area (Å²) in [5.74, 6) is 2.64. The Kier molecular flexibility index (Phi) is 6.23. The molecule has 3 N–H and O–H groups in total. The van der Waals surface area contributed by atoms with Crippen molar-refractivity contribution in [1.29, 1.82) is 5.26 Å². The SMILES string of the molecule is CCc1ccccc1Nc1nc(N)nc(CSCc2cccc(C#N)c2)n1. The van der Waals surface area contributed by atoms with Crippen LogP contribution in [0.15, 0.2) is 48.5 Å². The van der Waals surface area contributed by atoms with E-state index in [1.807, 2.05) is 36.4 Å². The second-order valence-electron chi connectivity index (χ2n) is 5.87. The maximum Gasteiger partial charge on any atom is 0.232 e. The zero-order valence-electron chi connectivity index (χ0n) is 15.0. The maximum atomic E-state index is 8.98. The number of nitrogens with zero attached hydrogens (tertiary/aromatic N) is 4. The van der Waals surface area contributed by atoms with Crippen LogP contribution in [0.1, 0.15) is 29.4 Å². The fourth-order valence-corrected chi connectivity index (χ4v) is 3.45. The third-order valence-electron chi connectivity index (χ3n) is 3.90. The molecule has 6 nitrogen and oxygen atoms in total. The topological polar surface area (TPSA) is 101 Å². The van der Waals surface area contributed by atoms with Crippen LogP contribution in [0.25, 0.3) is 0 Å². The summed E-state index contributed by atoms with van der Waals surface area (Å²) in [6.07, 6.45) is 0.911. The van der Waals surface area contributed by atoms with Gasteiger partial charge in [0.1, 0.15) is 5.82 Å². The van der Waals surface area contributed by atoms with Crippen molar-refractivity contribution in [2.45, 2.75) is 24.9 Å². The summed E-state index contributed by atoms with van der Waals surface area (Å²) < 4.78 is 0. The van der Waals surface area contributed by atoms with Crippen LogP contribution in [0.2, 0.25) is 0 Å². The van der Waals surface area contributed by atoms with Crippen molar-refractivity contribution in [2.24, 2.45) is 0 Å². The van der Waals surface area contributed by atoms with Crippen molar-refractivity contribution in [3.05, 3.63) is 71.0 Å². The Morgan fingerprint density at radius 3 is 2.74 bits per heavy atom. The number of nitrogens with one attached hydrogen (secondary N) is 1. The number of nitrogen functional groups attached to an aromatic ring is 1. The molecule has 0 saturated carbocycles. The van der Waals surface area contributed by atoms with Crippen LogP contribution in [0.3, 0.4) is 0 Å². The number of hydrogen-bond acceptors (Lipinski definition) is 7. The highest BCUT2D eigenvalue weighted by molar-refractivity contribution is 7.97. The molecule has 0 spiro atoms. The minimum atomic E-state index is 0.198. The summed E-state index contributed by atoms with van der Waals surface area (Å²) in [4.78, 5) is 12.9. The molecule has 0 atom stereocenters. The molecule has 1 aromatic heterocycles. The van der Waals surface area contributed by atoms with Gasteiger partial charge in [-0.2, -0.15) is 20.2 Å². The van der Waals surface area contributed by atoms with E-state index in [9.17, 15) is 0 Å². The number of thioether (sulfide) groups is 1. The fourth-order valence-electron chi connectivity index (χ4n) is 2.62. The lowest BCUT2D eigenvalue weighted by Gasteiger charge is -2.10. The molecule has 2 aromatic carbocycles. The molecule has 7 heteroatoms. The van der Waals surface area contributed by atoms with Gasteiger partial charge in [0.05, 0.1) is 17.4 Å². The van der Waals surface area contributed by atoms with Crippen LogP contribution < -0.4 is 11.1 Å². The van der Waals surface area contributed by atoms with E-state index in [-0.39, 0.29) is 5.95 Å². The average Bonchev–Trinajstić information content (AvgIpc) is 2.68. The lowest BCUT2D eigenvalue weighted by Crippen LogP contribution is -2.07. The highest BCUT2D eigenvalue weighted by Crippen LogP contribution is 2.21. The average molecular weight is 376 g/mol. The van der Waals surface area contributed by atoms with E-state index < -0.39 is 0 Å². The van der Waals surface area contributed by atoms with Crippen molar-refractivity contribution in [2.75, 3.05) is 11.1 Å². The van der Waals surface area contributed by atoms with Crippen molar-refractivity contribution < 1.29 is 0 Å². The summed E-state index contributed by atoms with van der Waals surface area (Å²) in [6, 6.07) is 17.8. The molecule has 1 heterocycles. The van der Waals surface area contributed by atoms with Crippen molar-refractivity contribution in [3.63, 3.8) is 0 Å². The van der Waals surface area contributed by atoms with Crippen molar-refractivity contribution in [3.8, 4) is 6.07 Å². The highest BCUT2D eigenvalue weighted by atomic mass is 32.2. The van der Waals surface area contributed by atoms with Gasteiger partial charge in [-0.05, 0) is 35.7 Å². The van der Waals surface area contributed by atoms with Crippen LogP contribution in [0.5, 0.6) is 0 Å². The van der Waals surface area contributed by atoms with Gasteiger partial charge in [-0.1, -0.05) is 37.3 Å². The molecular formula is C20H20N6S. The van der Waals surface area contributed by atoms with E-state index in [2.05, 4.69) is 39.3 Å². The lowest BCUT2D eigenvalue weighted by molar-refractivity contribution is 0.980. The summed E-state index contributed by atoms with van der Waals surface area (Å²) in [5, 5.41) is 12.2. The first-order valence-electron chi connectivity index (χ1n) is 8.60. The smallest absolute Gasteiger partial charge is 0.232 e. The van der Waals surface area contributed by atoms with Crippen LogP contribution in [0.4, 0.5) is 17.6 Å². The van der Waals surface area contributed by atoms with E-state index in [4.69, 9.17) is 11.0 Å². The molecule has 0 aliphatic carbocycles. The molecule has 3 rings (SSSR count). The van der Waals surface area contributed by atoms with E-state index in [1.165, 1.54) is 5.56 Å². The zero-order valence-corrected chi connectivity index (χ0v) is 15.8. The van der Waals surface area contributed by atoms with E-state index in [0.29, 0.717) is 23.1 Å². The van der Waals surface area contributed by atoms with Crippen molar-refractivity contribution in [1.82, 2.24) is 15.0 Å². The normalized spacial score (nSPS) is 10.4. The van der Waals surface area contributed by atoms with Gasteiger partial charge in [0.25, 0.3) is 0 Å². The first kappa shape index (κ1) is 18.7. The largest absolute Gasteiger partial charge is 0.368 e. The monoisotopic (exact) mass is 376 g/mol. The highest BCUT2D eigenvalue weighted by Gasteiger charge is 2.07. The Hall–Kier alpha value is -3.11. The number of para-hydroxylation sites is 1. The summed E-state index contributed by atoms with van der Waals surface area (Å²) >= 11 is 1.66. The number of rotatable bonds is 7. The molecule has 0 amide bonds. The maximum absolute atomic E-state index is 8.98. The van der Waals surface area contributed by atoms with E-state index in [1.54, 1.807) is 17.8 Å². The second kappa shape index (κ2) is 9.01. The Labute approximate surface area is 162 Å². The molecule has 0 aliphatic heterocycles. The number of nitrogens with two attached hydrogens (primary N) is 1. The number of nitriles is 1. The number of benzene rings is 2. The van der Waals surface area contributed by atoms with E-state index >= 15 is 0 Å². The molecular weight excluding hydrogens is 356 g/mol. The fraction of sp³-hybridized carbons (Fsp3) is 0.200. The molecule has 0 radical (unpaired) electrons. The standard InChI is InChI=1S/C20H20N6S/c1-2-16-8-3-4-9-17(16)23-20-25-18(24-19(22)26-20)13-27-12-15-7-5-6-14(10-15)11-21/h3-10H,2,12-13H2,1H3,(H3,22,23,24,25,26). The van der Waals surface area contributed by atoms with Gasteiger partial charge in [0.2, 0.25) is 11.9 Å². The Bertz CT molecular complexity index is 967. The van der Waals surface area contributed by atoms with Gasteiger partial charge in [0, 0.05) is 11.4 Å². The number of hydrogen-bond donors (Lipinski definition) is 2. The van der Waals surface area contributed by atoms with Crippen LogP contribution in [-0.4, -0.2) is 15.0 Å². The molecule has 0 bridgehead atoms. The van der Waals surface area contributed by atoms with Gasteiger partial charge in [-0.3, -0.25) is 0 Å². The summed E-state index contributed by atoms with van der Waals surface area (Å²) in [6.45, 7) is 2.10. The third-order valence-corrected chi connectivity index (χ3v) is 4.90. The zero-order chi connectivity index (χ0) is 19.1. The molecule has 136 valence electrons. The minimum Gasteiger partial charge on any atom is -0.368 e. The van der Waals surface area contributed by atoms with Gasteiger partial charge in [-0.25, -0.2) is 0 Å². The van der Waals surface area contributed by atoms with E-state index in [0.717, 1.165) is 23.4 Å². The third kappa shape index (κ3) is 5.19. The van der Waals surface area contributed by atoms with Crippen LogP contribution in [0, 0.1) is 11.3 Å². The summed E-state index contributed by atoms with van der Waals surface area (Å²) in [7, 11) is 0. The predicted octanol–water partition coefficient (Wildman–Crippen LogP) is 4.06. The Morgan fingerprint density at radius 2 is 1.93 bits per heavy atom. The van der Waals surface area contributed by atoms with Gasteiger partial charge < -0.3 is 11.1 Å². The van der Waals surface area contributed by atoms with Crippen LogP contribution >= 0.6 is 11.8 Å². The molecule has 0 unspecified atom stereocenters. The summed E-state index contributed by atoms with van der Waals surface area (Å²) in [5.41, 5.74) is 9.77. The molecule has 0 aliphatic rings. The molecule has 27 heavy (non-hydrogen) atoms. The van der Waals surface area contributed by atoms with Crippen LogP contribution in [-0.2, 0) is 17.9 Å². The Morgan fingerprint density at radius 1 is 1.07 bits per heavy atom. The van der Waals surface area contributed by atoms with Crippen molar-refractivity contribution >= 4 is 29.3 Å². The number of aromatic nitrogens is 3.